The molecule has 0 bridgehead atoms. The Morgan fingerprint density at radius 3 is 2.64 bits per heavy atom. The van der Waals surface area contributed by atoms with Crippen molar-refractivity contribution in [1.29, 1.82) is 0 Å². The summed E-state index contributed by atoms with van der Waals surface area (Å²) in [6.45, 7) is 2.84. The molecule has 0 saturated heterocycles. The Bertz CT molecular complexity index is 757. The first-order valence-corrected chi connectivity index (χ1v) is 9.69. The van der Waals surface area contributed by atoms with Gasteiger partial charge in [0.1, 0.15) is 6.54 Å². The smallest absolute Gasteiger partial charge is 0.325 e. The molecule has 1 saturated carbocycles. The Hall–Kier alpha value is -2.01. The fourth-order valence-electron chi connectivity index (χ4n) is 2.72. The largest absolute Gasteiger partial charge is 0.465 e. The number of benzene rings is 2. The number of carbonyl (C=O) groups excluding carboxylic acids is 2. The summed E-state index contributed by atoms with van der Waals surface area (Å²) < 4.78 is 5.00. The molecule has 0 aromatic heterocycles. The summed E-state index contributed by atoms with van der Waals surface area (Å²) >= 11 is 1.52. The van der Waals surface area contributed by atoms with Crippen molar-refractivity contribution in [2.75, 3.05) is 25.4 Å². The van der Waals surface area contributed by atoms with Crippen LogP contribution in [0.4, 0.5) is 0 Å². The van der Waals surface area contributed by atoms with Crippen LogP contribution in [0, 0.1) is 5.92 Å². The fourth-order valence-corrected chi connectivity index (χ4v) is 3.57. The highest BCUT2D eigenvalue weighted by molar-refractivity contribution is 8.00. The summed E-state index contributed by atoms with van der Waals surface area (Å²) in [5.74, 6) is 0.555. The van der Waals surface area contributed by atoms with Gasteiger partial charge in [-0.05, 0) is 48.6 Å². The van der Waals surface area contributed by atoms with Crippen molar-refractivity contribution in [2.24, 2.45) is 5.92 Å². The third-order valence-electron chi connectivity index (χ3n) is 4.24. The zero-order chi connectivity index (χ0) is 17.6. The first-order valence-electron chi connectivity index (χ1n) is 8.70. The van der Waals surface area contributed by atoms with Gasteiger partial charge < -0.3 is 9.64 Å². The molecule has 1 aliphatic carbocycles. The topological polar surface area (TPSA) is 46.6 Å². The first kappa shape index (κ1) is 17.8. The Morgan fingerprint density at radius 1 is 1.16 bits per heavy atom. The SMILES string of the molecule is CCOC(=O)CN(CC1CC1)C(=O)CSc1ccc2ccccc2c1. The molecule has 0 heterocycles. The molecule has 1 fully saturated rings. The number of rotatable bonds is 8. The van der Waals surface area contributed by atoms with Crippen LogP contribution in [0.3, 0.4) is 0 Å². The van der Waals surface area contributed by atoms with Crippen LogP contribution in [0.5, 0.6) is 0 Å². The van der Waals surface area contributed by atoms with Crippen LogP contribution in [-0.2, 0) is 14.3 Å². The molecule has 2 aromatic carbocycles. The van der Waals surface area contributed by atoms with Gasteiger partial charge >= 0.3 is 5.97 Å². The van der Waals surface area contributed by atoms with E-state index in [2.05, 4.69) is 24.3 Å². The molecule has 0 unspecified atom stereocenters. The number of nitrogens with zero attached hydrogens (tertiary/aromatic N) is 1. The molecule has 0 N–H and O–H groups in total. The Kier molecular flexibility index (Phi) is 5.97. The molecule has 4 nitrogen and oxygen atoms in total. The normalized spacial score (nSPS) is 13.6. The average Bonchev–Trinajstić information content (AvgIpc) is 3.43. The number of ether oxygens (including phenoxy) is 1. The first-order chi connectivity index (χ1) is 12.2. The molecule has 1 aliphatic rings. The van der Waals surface area contributed by atoms with E-state index in [-0.39, 0.29) is 18.4 Å². The van der Waals surface area contributed by atoms with Crippen molar-refractivity contribution in [3.63, 3.8) is 0 Å². The Balaban J connectivity index is 1.60. The second-order valence-corrected chi connectivity index (χ2v) is 7.37. The number of hydrogen-bond donors (Lipinski definition) is 0. The van der Waals surface area contributed by atoms with Crippen LogP contribution < -0.4 is 0 Å². The number of hydrogen-bond acceptors (Lipinski definition) is 4. The number of fused-ring (bicyclic) bond motifs is 1. The quantitative estimate of drug-likeness (QED) is 0.533. The maximum Gasteiger partial charge on any atom is 0.325 e. The van der Waals surface area contributed by atoms with E-state index in [1.54, 1.807) is 11.8 Å². The zero-order valence-electron chi connectivity index (χ0n) is 14.4. The van der Waals surface area contributed by atoms with Crippen molar-refractivity contribution in [3.05, 3.63) is 42.5 Å². The molecule has 0 spiro atoms. The van der Waals surface area contributed by atoms with E-state index in [4.69, 9.17) is 4.74 Å². The Labute approximate surface area is 152 Å². The van der Waals surface area contributed by atoms with Gasteiger partial charge in [-0.2, -0.15) is 0 Å². The minimum atomic E-state index is -0.327. The van der Waals surface area contributed by atoms with Crippen LogP contribution in [-0.4, -0.2) is 42.2 Å². The molecule has 0 aliphatic heterocycles. The monoisotopic (exact) mass is 357 g/mol. The number of esters is 1. The molecule has 5 heteroatoms. The van der Waals surface area contributed by atoms with Crippen LogP contribution in [0.1, 0.15) is 19.8 Å². The molecule has 25 heavy (non-hydrogen) atoms. The third kappa shape index (κ3) is 5.23. The summed E-state index contributed by atoms with van der Waals surface area (Å²) in [4.78, 5) is 27.1. The predicted molar refractivity (Wildman–Crippen MR) is 101 cm³/mol. The van der Waals surface area contributed by atoms with Gasteiger partial charge in [-0.1, -0.05) is 30.3 Å². The highest BCUT2D eigenvalue weighted by atomic mass is 32.2. The highest BCUT2D eigenvalue weighted by Crippen LogP contribution is 2.30. The molecule has 132 valence electrons. The maximum atomic E-state index is 12.6. The molecule has 0 atom stereocenters. The van der Waals surface area contributed by atoms with Crippen molar-refractivity contribution >= 4 is 34.4 Å². The zero-order valence-corrected chi connectivity index (χ0v) is 15.3. The molecule has 0 radical (unpaired) electrons. The standard InChI is InChI=1S/C20H23NO3S/c1-2-24-20(23)13-21(12-15-7-8-15)19(22)14-25-18-10-9-16-5-3-4-6-17(16)11-18/h3-6,9-11,15H,2,7-8,12-14H2,1H3. The Morgan fingerprint density at radius 2 is 1.92 bits per heavy atom. The molecule has 2 aromatic rings. The summed E-state index contributed by atoms with van der Waals surface area (Å²) in [5.41, 5.74) is 0. The second kappa shape index (κ2) is 8.39. The van der Waals surface area contributed by atoms with Gasteiger partial charge in [-0.3, -0.25) is 9.59 Å². The lowest BCUT2D eigenvalue weighted by molar-refractivity contribution is -0.148. The number of amides is 1. The van der Waals surface area contributed by atoms with Gasteiger partial charge in [-0.25, -0.2) is 0 Å². The summed E-state index contributed by atoms with van der Waals surface area (Å²) in [5, 5.41) is 2.36. The molecular formula is C20H23NO3S. The lowest BCUT2D eigenvalue weighted by atomic mass is 10.1. The van der Waals surface area contributed by atoms with Crippen LogP contribution in [0.2, 0.25) is 0 Å². The number of carbonyl (C=O) groups is 2. The molecular weight excluding hydrogens is 334 g/mol. The van der Waals surface area contributed by atoms with Crippen molar-refractivity contribution < 1.29 is 14.3 Å². The van der Waals surface area contributed by atoms with Gasteiger partial charge in [0.15, 0.2) is 0 Å². The van der Waals surface area contributed by atoms with Crippen molar-refractivity contribution in [1.82, 2.24) is 4.90 Å². The van der Waals surface area contributed by atoms with E-state index in [0.29, 0.717) is 24.8 Å². The van der Waals surface area contributed by atoms with E-state index in [1.165, 1.54) is 22.5 Å². The summed E-state index contributed by atoms with van der Waals surface area (Å²) in [6.07, 6.45) is 2.29. The number of thioether (sulfide) groups is 1. The van der Waals surface area contributed by atoms with Gasteiger partial charge in [0, 0.05) is 11.4 Å². The molecule has 3 rings (SSSR count). The van der Waals surface area contributed by atoms with E-state index in [1.807, 2.05) is 18.2 Å². The van der Waals surface area contributed by atoms with E-state index < -0.39 is 0 Å². The van der Waals surface area contributed by atoms with Crippen molar-refractivity contribution in [3.8, 4) is 0 Å². The average molecular weight is 357 g/mol. The van der Waals surface area contributed by atoms with Crippen LogP contribution in [0.15, 0.2) is 47.4 Å². The van der Waals surface area contributed by atoms with Gasteiger partial charge in [-0.15, -0.1) is 11.8 Å². The van der Waals surface area contributed by atoms with E-state index in [0.717, 1.165) is 17.7 Å². The maximum absolute atomic E-state index is 12.6. The summed E-state index contributed by atoms with van der Waals surface area (Å²) in [6, 6.07) is 14.4. The minimum Gasteiger partial charge on any atom is -0.465 e. The van der Waals surface area contributed by atoms with Crippen molar-refractivity contribution in [2.45, 2.75) is 24.7 Å². The van der Waals surface area contributed by atoms with E-state index in [9.17, 15) is 9.59 Å². The minimum absolute atomic E-state index is 0.00175. The summed E-state index contributed by atoms with van der Waals surface area (Å²) in [7, 11) is 0. The van der Waals surface area contributed by atoms with E-state index >= 15 is 0 Å². The lowest BCUT2D eigenvalue weighted by Crippen LogP contribution is -2.39. The van der Waals surface area contributed by atoms with Crippen LogP contribution in [0.25, 0.3) is 10.8 Å². The van der Waals surface area contributed by atoms with Gasteiger partial charge in [0.05, 0.1) is 12.4 Å². The predicted octanol–water partition coefficient (Wildman–Crippen LogP) is 3.73. The lowest BCUT2D eigenvalue weighted by Gasteiger charge is -2.21. The fraction of sp³-hybridized carbons (Fsp3) is 0.400. The highest BCUT2D eigenvalue weighted by Gasteiger charge is 2.28. The van der Waals surface area contributed by atoms with Gasteiger partial charge in [0.2, 0.25) is 5.91 Å². The third-order valence-corrected chi connectivity index (χ3v) is 5.22. The molecule has 1 amide bonds. The van der Waals surface area contributed by atoms with Gasteiger partial charge in [0.25, 0.3) is 0 Å². The van der Waals surface area contributed by atoms with Crippen LogP contribution >= 0.6 is 11.8 Å². The second-order valence-electron chi connectivity index (χ2n) is 6.32.